The van der Waals surface area contributed by atoms with Crippen LogP contribution in [0.25, 0.3) is 10.6 Å². The SMILES string of the molecule is COC(=O)c1nc(-c2ccc(C)c(Cl)c2)sc1N. The van der Waals surface area contributed by atoms with E-state index in [9.17, 15) is 4.79 Å². The second-order valence-electron chi connectivity index (χ2n) is 3.69. The van der Waals surface area contributed by atoms with Gasteiger partial charge in [-0.2, -0.15) is 0 Å². The zero-order chi connectivity index (χ0) is 13.3. The second-order valence-corrected chi connectivity index (χ2v) is 5.13. The lowest BCUT2D eigenvalue weighted by molar-refractivity contribution is 0.0596. The summed E-state index contributed by atoms with van der Waals surface area (Å²) in [4.78, 5) is 15.6. The smallest absolute Gasteiger partial charge is 0.359 e. The van der Waals surface area contributed by atoms with Gasteiger partial charge in [0.25, 0.3) is 0 Å². The number of hydrogen-bond acceptors (Lipinski definition) is 5. The Morgan fingerprint density at radius 1 is 1.50 bits per heavy atom. The predicted octanol–water partition coefficient (Wildman–Crippen LogP) is 3.14. The van der Waals surface area contributed by atoms with Crippen molar-refractivity contribution in [1.82, 2.24) is 4.98 Å². The lowest BCUT2D eigenvalue weighted by Gasteiger charge is -2.00. The zero-order valence-corrected chi connectivity index (χ0v) is 11.4. The van der Waals surface area contributed by atoms with Crippen molar-refractivity contribution in [3.8, 4) is 10.6 Å². The summed E-state index contributed by atoms with van der Waals surface area (Å²) in [6.45, 7) is 1.92. The van der Waals surface area contributed by atoms with Crippen LogP contribution in [0, 0.1) is 6.92 Å². The molecule has 18 heavy (non-hydrogen) atoms. The maximum Gasteiger partial charge on any atom is 0.359 e. The van der Waals surface area contributed by atoms with E-state index in [0.29, 0.717) is 15.0 Å². The lowest BCUT2D eigenvalue weighted by Crippen LogP contribution is -2.04. The molecule has 0 atom stereocenters. The Morgan fingerprint density at radius 2 is 2.22 bits per heavy atom. The predicted molar refractivity (Wildman–Crippen MR) is 73.0 cm³/mol. The molecule has 6 heteroatoms. The van der Waals surface area contributed by atoms with E-state index in [1.54, 1.807) is 6.07 Å². The van der Waals surface area contributed by atoms with Crippen LogP contribution in [0.2, 0.25) is 5.02 Å². The molecule has 0 aliphatic rings. The standard InChI is InChI=1S/C12H11ClN2O2S/c1-6-3-4-7(5-8(6)13)11-15-9(10(14)18-11)12(16)17-2/h3-5H,14H2,1-2H3. The average molecular weight is 283 g/mol. The van der Waals surface area contributed by atoms with Crippen LogP contribution in [-0.4, -0.2) is 18.1 Å². The number of nitrogens with two attached hydrogens (primary N) is 1. The van der Waals surface area contributed by atoms with Gasteiger partial charge in [-0.25, -0.2) is 9.78 Å². The van der Waals surface area contributed by atoms with Crippen molar-refractivity contribution in [3.05, 3.63) is 34.5 Å². The molecule has 1 aromatic heterocycles. The van der Waals surface area contributed by atoms with E-state index in [-0.39, 0.29) is 5.69 Å². The summed E-state index contributed by atoms with van der Waals surface area (Å²) >= 11 is 7.29. The van der Waals surface area contributed by atoms with Crippen LogP contribution < -0.4 is 5.73 Å². The molecule has 0 bridgehead atoms. The van der Waals surface area contributed by atoms with E-state index in [1.807, 2.05) is 19.1 Å². The second kappa shape index (κ2) is 4.96. The van der Waals surface area contributed by atoms with Gasteiger partial charge in [-0.1, -0.05) is 35.1 Å². The number of methoxy groups -OCH3 is 1. The summed E-state index contributed by atoms with van der Waals surface area (Å²) < 4.78 is 4.61. The molecule has 0 saturated carbocycles. The molecule has 0 spiro atoms. The molecular weight excluding hydrogens is 272 g/mol. The highest BCUT2D eigenvalue weighted by Crippen LogP contribution is 2.32. The van der Waals surface area contributed by atoms with E-state index in [0.717, 1.165) is 11.1 Å². The van der Waals surface area contributed by atoms with Crippen molar-refractivity contribution in [2.45, 2.75) is 6.92 Å². The summed E-state index contributed by atoms with van der Waals surface area (Å²) in [6.07, 6.45) is 0. The maximum absolute atomic E-state index is 11.4. The third kappa shape index (κ3) is 2.32. The molecular formula is C12H11ClN2O2S. The van der Waals surface area contributed by atoms with Crippen LogP contribution in [-0.2, 0) is 4.74 Å². The van der Waals surface area contributed by atoms with Crippen molar-refractivity contribution < 1.29 is 9.53 Å². The molecule has 94 valence electrons. The van der Waals surface area contributed by atoms with Gasteiger partial charge < -0.3 is 10.5 Å². The van der Waals surface area contributed by atoms with Gasteiger partial charge in [0.05, 0.1) is 7.11 Å². The maximum atomic E-state index is 11.4. The monoisotopic (exact) mass is 282 g/mol. The molecule has 0 fully saturated rings. The number of aromatic nitrogens is 1. The number of halogens is 1. The zero-order valence-electron chi connectivity index (χ0n) is 9.86. The number of carbonyl (C=O) groups is 1. The fourth-order valence-corrected chi connectivity index (χ4v) is 2.42. The van der Waals surface area contributed by atoms with Crippen LogP contribution >= 0.6 is 22.9 Å². The van der Waals surface area contributed by atoms with E-state index in [4.69, 9.17) is 17.3 Å². The summed E-state index contributed by atoms with van der Waals surface area (Å²) in [5.41, 5.74) is 7.71. The quantitative estimate of drug-likeness (QED) is 0.860. The average Bonchev–Trinajstić information content (AvgIpc) is 2.74. The van der Waals surface area contributed by atoms with Crippen LogP contribution in [0.3, 0.4) is 0 Å². The first kappa shape index (κ1) is 12.9. The Morgan fingerprint density at radius 3 is 2.83 bits per heavy atom. The third-order valence-electron chi connectivity index (χ3n) is 2.45. The van der Waals surface area contributed by atoms with E-state index < -0.39 is 5.97 Å². The molecule has 1 aromatic carbocycles. The molecule has 1 heterocycles. The first-order valence-corrected chi connectivity index (χ1v) is 6.33. The molecule has 2 N–H and O–H groups in total. The molecule has 0 aliphatic heterocycles. The molecule has 2 rings (SSSR count). The van der Waals surface area contributed by atoms with Crippen LogP contribution in [0.4, 0.5) is 5.00 Å². The summed E-state index contributed by atoms with van der Waals surface area (Å²) in [6, 6.07) is 5.59. The van der Waals surface area contributed by atoms with Crippen LogP contribution in [0.15, 0.2) is 18.2 Å². The van der Waals surface area contributed by atoms with Gasteiger partial charge in [-0.15, -0.1) is 0 Å². The molecule has 0 amide bonds. The van der Waals surface area contributed by atoms with E-state index in [1.165, 1.54) is 18.4 Å². The number of hydrogen-bond donors (Lipinski definition) is 1. The van der Waals surface area contributed by atoms with Crippen molar-refractivity contribution in [2.75, 3.05) is 12.8 Å². The molecule has 0 unspecified atom stereocenters. The minimum atomic E-state index is -0.534. The summed E-state index contributed by atoms with van der Waals surface area (Å²) in [5.74, 6) is -0.534. The Hall–Kier alpha value is -1.59. The number of rotatable bonds is 2. The van der Waals surface area contributed by atoms with Crippen LogP contribution in [0.1, 0.15) is 16.1 Å². The molecule has 0 radical (unpaired) electrons. The topological polar surface area (TPSA) is 65.2 Å². The highest BCUT2D eigenvalue weighted by molar-refractivity contribution is 7.19. The van der Waals surface area contributed by atoms with Gasteiger partial charge in [0.2, 0.25) is 0 Å². The van der Waals surface area contributed by atoms with Gasteiger partial charge in [0, 0.05) is 10.6 Å². The number of ether oxygens (including phenoxy) is 1. The van der Waals surface area contributed by atoms with Crippen molar-refractivity contribution in [1.29, 1.82) is 0 Å². The summed E-state index contributed by atoms with van der Waals surface area (Å²) in [7, 11) is 1.30. The van der Waals surface area contributed by atoms with E-state index >= 15 is 0 Å². The minimum Gasteiger partial charge on any atom is -0.464 e. The molecule has 4 nitrogen and oxygen atoms in total. The lowest BCUT2D eigenvalue weighted by atomic mass is 10.1. The fraction of sp³-hybridized carbons (Fsp3) is 0.167. The first-order chi connectivity index (χ1) is 8.52. The Kier molecular flexibility index (Phi) is 3.54. The first-order valence-electron chi connectivity index (χ1n) is 5.14. The Bertz CT molecular complexity index is 610. The van der Waals surface area contributed by atoms with Gasteiger partial charge >= 0.3 is 5.97 Å². The minimum absolute atomic E-state index is 0.147. The van der Waals surface area contributed by atoms with Crippen molar-refractivity contribution in [2.24, 2.45) is 0 Å². The molecule has 0 aliphatic carbocycles. The van der Waals surface area contributed by atoms with Gasteiger partial charge in [-0.05, 0) is 18.6 Å². The molecule has 2 aromatic rings. The molecule has 0 saturated heterocycles. The van der Waals surface area contributed by atoms with Crippen LogP contribution in [0.5, 0.6) is 0 Å². The third-order valence-corrected chi connectivity index (χ3v) is 3.79. The normalized spacial score (nSPS) is 10.4. The number of esters is 1. The fourth-order valence-electron chi connectivity index (χ4n) is 1.42. The highest BCUT2D eigenvalue weighted by Gasteiger charge is 2.17. The van der Waals surface area contributed by atoms with Gasteiger partial charge in [0.15, 0.2) is 5.69 Å². The number of aryl methyl sites for hydroxylation is 1. The number of nitrogen functional groups attached to an aromatic ring is 1. The highest BCUT2D eigenvalue weighted by atomic mass is 35.5. The number of thiazole rings is 1. The van der Waals surface area contributed by atoms with E-state index in [2.05, 4.69) is 9.72 Å². The number of anilines is 1. The number of carbonyl (C=O) groups excluding carboxylic acids is 1. The number of benzene rings is 1. The largest absolute Gasteiger partial charge is 0.464 e. The van der Waals surface area contributed by atoms with Crippen molar-refractivity contribution >= 4 is 33.9 Å². The Labute approximate surface area is 113 Å². The Balaban J connectivity index is 2.45. The van der Waals surface area contributed by atoms with Gasteiger partial charge in [0.1, 0.15) is 10.0 Å². The number of nitrogens with zero attached hydrogens (tertiary/aromatic N) is 1. The van der Waals surface area contributed by atoms with Gasteiger partial charge in [-0.3, -0.25) is 0 Å². The van der Waals surface area contributed by atoms with Crippen molar-refractivity contribution in [3.63, 3.8) is 0 Å². The summed E-state index contributed by atoms with van der Waals surface area (Å²) in [5, 5.41) is 1.64.